The fraction of sp³-hybridized carbons (Fsp3) is 0.588. The van der Waals surface area contributed by atoms with Gasteiger partial charge in [0, 0.05) is 6.54 Å². The number of rotatable bonds is 8. The third-order valence-corrected chi connectivity index (χ3v) is 3.65. The molecule has 21 heavy (non-hydrogen) atoms. The van der Waals surface area contributed by atoms with Crippen molar-refractivity contribution in [1.82, 2.24) is 0 Å². The third-order valence-electron chi connectivity index (χ3n) is 3.65. The van der Waals surface area contributed by atoms with Gasteiger partial charge in [0.05, 0.1) is 18.6 Å². The van der Waals surface area contributed by atoms with Gasteiger partial charge in [-0.15, -0.1) is 0 Å². The molecule has 1 aromatic rings. The van der Waals surface area contributed by atoms with Crippen LogP contribution >= 0.6 is 0 Å². The van der Waals surface area contributed by atoms with E-state index < -0.39 is 5.41 Å². The Hall–Kier alpha value is -1.39. The van der Waals surface area contributed by atoms with Gasteiger partial charge in [0.25, 0.3) is 0 Å². The van der Waals surface area contributed by atoms with Crippen LogP contribution in [0.5, 0.6) is 0 Å². The Labute approximate surface area is 127 Å². The Morgan fingerprint density at radius 1 is 1.29 bits per heavy atom. The van der Waals surface area contributed by atoms with Crippen molar-refractivity contribution in [3.8, 4) is 0 Å². The van der Waals surface area contributed by atoms with E-state index in [1.54, 1.807) is 0 Å². The summed E-state index contributed by atoms with van der Waals surface area (Å²) >= 11 is 0. The quantitative estimate of drug-likeness (QED) is 0.721. The summed E-state index contributed by atoms with van der Waals surface area (Å²) in [6.45, 7) is 6.63. The minimum Gasteiger partial charge on any atom is -0.466 e. The number of nitrogens with two attached hydrogens (primary N) is 1. The zero-order valence-corrected chi connectivity index (χ0v) is 13.3. The minimum atomic E-state index is -0.676. The van der Waals surface area contributed by atoms with Crippen molar-refractivity contribution >= 4 is 5.97 Å². The highest BCUT2D eigenvalue weighted by Crippen LogP contribution is 2.32. The molecule has 1 atom stereocenters. The number of ether oxygens (including phenoxy) is 1. The summed E-state index contributed by atoms with van der Waals surface area (Å²) in [5.41, 5.74) is 7.17. The molecule has 0 amide bonds. The smallest absolute Gasteiger partial charge is 0.313 e. The molecule has 1 rings (SSSR count). The molecule has 0 aliphatic carbocycles. The lowest BCUT2D eigenvalue weighted by atomic mass is 9.75. The molecule has 0 saturated heterocycles. The lowest BCUT2D eigenvalue weighted by Crippen LogP contribution is -2.43. The second-order valence-electron chi connectivity index (χ2n) is 5.95. The zero-order chi connectivity index (χ0) is 15.9. The first-order valence-corrected chi connectivity index (χ1v) is 7.53. The van der Waals surface area contributed by atoms with Gasteiger partial charge in [-0.3, -0.25) is 4.79 Å². The highest BCUT2D eigenvalue weighted by molar-refractivity contribution is 5.77. The molecule has 3 N–H and O–H groups in total. The number of carbonyl (C=O) groups excluding carboxylic acids is 1. The molecule has 4 nitrogen and oxygen atoms in total. The maximum Gasteiger partial charge on any atom is 0.313 e. The number of esters is 1. The fourth-order valence-corrected chi connectivity index (χ4v) is 2.69. The Kier molecular flexibility index (Phi) is 6.85. The maximum atomic E-state index is 12.4. The molecule has 0 aromatic heterocycles. The van der Waals surface area contributed by atoms with Crippen LogP contribution < -0.4 is 5.73 Å². The number of aliphatic hydroxyl groups is 1. The standard InChI is InChI=1S/C17H27NO3/c1-4-21-16(20)17(12-18,9-13(2)3)10-14-5-7-15(11-19)8-6-14/h5-8,13,19H,4,9-12,18H2,1-3H3. The number of carbonyl (C=O) groups is 1. The van der Waals surface area contributed by atoms with Crippen LogP contribution in [-0.4, -0.2) is 24.2 Å². The van der Waals surface area contributed by atoms with Crippen molar-refractivity contribution < 1.29 is 14.6 Å². The highest BCUT2D eigenvalue weighted by atomic mass is 16.5. The average Bonchev–Trinajstić information content (AvgIpc) is 2.47. The van der Waals surface area contributed by atoms with E-state index in [2.05, 4.69) is 13.8 Å². The zero-order valence-electron chi connectivity index (χ0n) is 13.3. The number of hydrogen-bond acceptors (Lipinski definition) is 4. The molecule has 0 spiro atoms. The van der Waals surface area contributed by atoms with Gasteiger partial charge < -0.3 is 15.6 Å². The Morgan fingerprint density at radius 2 is 1.86 bits per heavy atom. The molecule has 0 bridgehead atoms. The Morgan fingerprint density at radius 3 is 2.29 bits per heavy atom. The van der Waals surface area contributed by atoms with Crippen LogP contribution in [-0.2, 0) is 22.6 Å². The molecule has 0 heterocycles. The third kappa shape index (κ3) is 4.83. The lowest BCUT2D eigenvalue weighted by molar-refractivity contribution is -0.156. The van der Waals surface area contributed by atoms with Gasteiger partial charge in [-0.2, -0.15) is 0 Å². The number of aliphatic hydroxyl groups excluding tert-OH is 1. The molecule has 0 aliphatic heterocycles. The van der Waals surface area contributed by atoms with Crippen LogP contribution in [0, 0.1) is 11.3 Å². The van der Waals surface area contributed by atoms with Crippen LogP contribution in [0.1, 0.15) is 38.3 Å². The fourth-order valence-electron chi connectivity index (χ4n) is 2.69. The van der Waals surface area contributed by atoms with E-state index in [1.165, 1.54) is 0 Å². The monoisotopic (exact) mass is 293 g/mol. The van der Waals surface area contributed by atoms with Crippen LogP contribution in [0.25, 0.3) is 0 Å². The SMILES string of the molecule is CCOC(=O)C(CN)(Cc1ccc(CO)cc1)CC(C)C. The van der Waals surface area contributed by atoms with Gasteiger partial charge in [0.1, 0.15) is 0 Å². The van der Waals surface area contributed by atoms with Crippen molar-refractivity contribution in [3.63, 3.8) is 0 Å². The van der Waals surface area contributed by atoms with E-state index in [9.17, 15) is 4.79 Å². The Balaban J connectivity index is 3.01. The predicted molar refractivity (Wildman–Crippen MR) is 83.6 cm³/mol. The molecular weight excluding hydrogens is 266 g/mol. The first-order valence-electron chi connectivity index (χ1n) is 7.53. The predicted octanol–water partition coefficient (Wildman–Crippen LogP) is 2.28. The van der Waals surface area contributed by atoms with Crippen molar-refractivity contribution in [2.24, 2.45) is 17.1 Å². The summed E-state index contributed by atoms with van der Waals surface area (Å²) < 4.78 is 5.26. The summed E-state index contributed by atoms with van der Waals surface area (Å²) in [5.74, 6) is 0.141. The summed E-state index contributed by atoms with van der Waals surface area (Å²) in [6, 6.07) is 7.62. The van der Waals surface area contributed by atoms with E-state index in [0.29, 0.717) is 25.4 Å². The van der Waals surface area contributed by atoms with Crippen LogP contribution in [0.15, 0.2) is 24.3 Å². The molecule has 0 saturated carbocycles. The summed E-state index contributed by atoms with van der Waals surface area (Å²) in [5, 5.41) is 9.09. The molecule has 1 unspecified atom stereocenters. The normalized spacial score (nSPS) is 14.0. The van der Waals surface area contributed by atoms with Crippen molar-refractivity contribution in [3.05, 3.63) is 35.4 Å². The largest absolute Gasteiger partial charge is 0.466 e. The van der Waals surface area contributed by atoms with E-state index in [1.807, 2.05) is 31.2 Å². The molecule has 0 radical (unpaired) electrons. The second-order valence-corrected chi connectivity index (χ2v) is 5.95. The van der Waals surface area contributed by atoms with Crippen molar-refractivity contribution in [1.29, 1.82) is 0 Å². The molecule has 0 fully saturated rings. The van der Waals surface area contributed by atoms with E-state index >= 15 is 0 Å². The van der Waals surface area contributed by atoms with Gasteiger partial charge in [0.15, 0.2) is 0 Å². The first kappa shape index (κ1) is 17.7. The van der Waals surface area contributed by atoms with Crippen LogP contribution in [0.3, 0.4) is 0 Å². The van der Waals surface area contributed by atoms with Crippen LogP contribution in [0.4, 0.5) is 0 Å². The van der Waals surface area contributed by atoms with E-state index in [4.69, 9.17) is 15.6 Å². The summed E-state index contributed by atoms with van der Waals surface area (Å²) in [4.78, 5) is 12.4. The maximum absolute atomic E-state index is 12.4. The highest BCUT2D eigenvalue weighted by Gasteiger charge is 2.39. The lowest BCUT2D eigenvalue weighted by Gasteiger charge is -2.32. The van der Waals surface area contributed by atoms with Gasteiger partial charge >= 0.3 is 5.97 Å². The van der Waals surface area contributed by atoms with Gasteiger partial charge in [-0.05, 0) is 36.8 Å². The minimum absolute atomic E-state index is 0.0200. The summed E-state index contributed by atoms with van der Waals surface area (Å²) in [6.07, 6.45) is 1.26. The molecule has 1 aromatic carbocycles. The van der Waals surface area contributed by atoms with Crippen molar-refractivity contribution in [2.45, 2.75) is 40.2 Å². The topological polar surface area (TPSA) is 72.5 Å². The molecule has 0 aliphatic rings. The van der Waals surface area contributed by atoms with E-state index in [0.717, 1.165) is 11.1 Å². The number of hydrogen-bond donors (Lipinski definition) is 2. The summed E-state index contributed by atoms with van der Waals surface area (Å²) in [7, 11) is 0. The Bertz CT molecular complexity index is 442. The first-order chi connectivity index (χ1) is 9.97. The van der Waals surface area contributed by atoms with Gasteiger partial charge in [-0.1, -0.05) is 38.1 Å². The van der Waals surface area contributed by atoms with Crippen molar-refractivity contribution in [2.75, 3.05) is 13.2 Å². The molecular formula is C17H27NO3. The average molecular weight is 293 g/mol. The van der Waals surface area contributed by atoms with Gasteiger partial charge in [-0.25, -0.2) is 0 Å². The molecule has 4 heteroatoms. The molecule has 118 valence electrons. The van der Waals surface area contributed by atoms with Gasteiger partial charge in [0.2, 0.25) is 0 Å². The van der Waals surface area contributed by atoms with E-state index in [-0.39, 0.29) is 19.1 Å². The second kappa shape index (κ2) is 8.15. The van der Waals surface area contributed by atoms with Crippen LogP contribution in [0.2, 0.25) is 0 Å². The number of benzene rings is 1.